The van der Waals surface area contributed by atoms with Gasteiger partial charge in [-0.25, -0.2) is 4.98 Å². The van der Waals surface area contributed by atoms with Gasteiger partial charge in [0.15, 0.2) is 0 Å². The highest BCUT2D eigenvalue weighted by Crippen LogP contribution is 2.27. The smallest absolute Gasteiger partial charge is 0.124 e. The molecule has 0 aromatic carbocycles. The number of hydrogen-bond donors (Lipinski definition) is 1. The highest BCUT2D eigenvalue weighted by atomic mass is 14.8. The predicted molar refractivity (Wildman–Crippen MR) is 48.3 cm³/mol. The molecule has 2 heteroatoms. The maximum atomic E-state index is 5.50. The minimum atomic E-state index is 0.539. The van der Waals surface area contributed by atoms with Crippen LogP contribution < -0.4 is 5.73 Å². The van der Waals surface area contributed by atoms with Crippen molar-refractivity contribution in [2.45, 2.75) is 12.8 Å². The molecular weight excluding hydrogens is 148 g/mol. The topological polar surface area (TPSA) is 38.9 Å². The van der Waals surface area contributed by atoms with Crippen LogP contribution in [0.5, 0.6) is 0 Å². The maximum absolute atomic E-state index is 5.50. The van der Waals surface area contributed by atoms with E-state index < -0.39 is 0 Å². The lowest BCUT2D eigenvalue weighted by atomic mass is 10.3. The summed E-state index contributed by atoms with van der Waals surface area (Å²) in [5, 5.41) is 0. The van der Waals surface area contributed by atoms with Crippen LogP contribution in [-0.2, 0) is 0 Å². The third kappa shape index (κ3) is 1.76. The molecule has 60 valence electrons. The van der Waals surface area contributed by atoms with Crippen LogP contribution in [0.1, 0.15) is 18.5 Å². The molecule has 0 bridgehead atoms. The minimum Gasteiger partial charge on any atom is -0.384 e. The summed E-state index contributed by atoms with van der Waals surface area (Å²) in [7, 11) is 0. The summed E-state index contributed by atoms with van der Waals surface area (Å²) in [6, 6.07) is 5.52. The number of pyridine rings is 1. The van der Waals surface area contributed by atoms with Gasteiger partial charge >= 0.3 is 0 Å². The molecule has 2 N–H and O–H groups in total. The van der Waals surface area contributed by atoms with E-state index in [0.717, 1.165) is 5.69 Å². The molecule has 0 unspecified atom stereocenters. The molecule has 0 aliphatic heterocycles. The van der Waals surface area contributed by atoms with E-state index in [2.05, 4.69) is 16.8 Å². The van der Waals surface area contributed by atoms with Gasteiger partial charge in [0.2, 0.25) is 0 Å². The van der Waals surface area contributed by atoms with E-state index in [-0.39, 0.29) is 0 Å². The molecule has 0 atom stereocenters. The molecule has 0 saturated heterocycles. The number of hydrogen-bond acceptors (Lipinski definition) is 2. The molecule has 2 nitrogen and oxygen atoms in total. The van der Waals surface area contributed by atoms with Crippen LogP contribution in [0.4, 0.5) is 5.82 Å². The molecule has 1 heterocycles. The Labute approximate surface area is 71.8 Å². The first-order valence-electron chi connectivity index (χ1n) is 4.09. The molecule has 1 aliphatic carbocycles. The first-order valence-corrected chi connectivity index (χ1v) is 4.09. The monoisotopic (exact) mass is 158 g/mol. The number of nitrogens with two attached hydrogens (primary N) is 1. The van der Waals surface area contributed by atoms with Crippen LogP contribution in [-0.4, -0.2) is 4.98 Å². The Balaban J connectivity index is 2.18. The number of anilines is 1. The van der Waals surface area contributed by atoms with Crippen LogP contribution in [0.15, 0.2) is 18.2 Å². The van der Waals surface area contributed by atoms with Crippen molar-refractivity contribution in [2.75, 3.05) is 5.73 Å². The molecular formula is C10H10N2. The summed E-state index contributed by atoms with van der Waals surface area (Å²) in [6.45, 7) is 0. The predicted octanol–water partition coefficient (Wildman–Crippen LogP) is 1.43. The van der Waals surface area contributed by atoms with Crippen LogP contribution >= 0.6 is 0 Å². The largest absolute Gasteiger partial charge is 0.384 e. The van der Waals surface area contributed by atoms with E-state index in [0.29, 0.717) is 11.7 Å². The maximum Gasteiger partial charge on any atom is 0.124 e. The van der Waals surface area contributed by atoms with Gasteiger partial charge in [-0.05, 0) is 30.9 Å². The minimum absolute atomic E-state index is 0.539. The first-order chi connectivity index (χ1) is 5.84. The number of nitrogens with zero attached hydrogens (tertiary/aromatic N) is 1. The third-order valence-electron chi connectivity index (χ3n) is 1.75. The molecule has 0 amide bonds. The SMILES string of the molecule is Nc1cccc(C#CC2CC2)n1. The van der Waals surface area contributed by atoms with Gasteiger partial charge in [0, 0.05) is 5.92 Å². The number of aromatic nitrogens is 1. The molecule has 1 aromatic heterocycles. The summed E-state index contributed by atoms with van der Waals surface area (Å²) in [6.07, 6.45) is 2.49. The van der Waals surface area contributed by atoms with Crippen LogP contribution in [0, 0.1) is 17.8 Å². The Hall–Kier alpha value is -1.49. The Morgan fingerprint density at radius 1 is 1.42 bits per heavy atom. The molecule has 12 heavy (non-hydrogen) atoms. The average Bonchev–Trinajstić information content (AvgIpc) is 2.84. The van der Waals surface area contributed by atoms with E-state index in [1.54, 1.807) is 6.07 Å². The first kappa shape index (κ1) is 7.17. The van der Waals surface area contributed by atoms with Gasteiger partial charge in [-0.3, -0.25) is 0 Å². The highest BCUT2D eigenvalue weighted by Gasteiger charge is 2.17. The number of rotatable bonds is 0. The van der Waals surface area contributed by atoms with E-state index in [4.69, 9.17) is 5.73 Å². The van der Waals surface area contributed by atoms with Crippen molar-refractivity contribution in [3.63, 3.8) is 0 Å². The third-order valence-corrected chi connectivity index (χ3v) is 1.75. The standard InChI is InChI=1S/C10H10N2/c11-10-3-1-2-9(12-10)7-6-8-4-5-8/h1-3,8H,4-5H2,(H2,11,12). The lowest BCUT2D eigenvalue weighted by Crippen LogP contribution is -1.90. The molecule has 1 aliphatic rings. The van der Waals surface area contributed by atoms with E-state index in [1.807, 2.05) is 12.1 Å². The second-order valence-electron chi connectivity index (χ2n) is 2.99. The zero-order chi connectivity index (χ0) is 8.39. The van der Waals surface area contributed by atoms with Crippen molar-refractivity contribution in [1.82, 2.24) is 4.98 Å². The Kier molecular flexibility index (Phi) is 1.71. The normalized spacial score (nSPS) is 15.0. The van der Waals surface area contributed by atoms with E-state index in [1.165, 1.54) is 12.8 Å². The lowest BCUT2D eigenvalue weighted by Gasteiger charge is -1.90. The molecule has 1 fully saturated rings. The summed E-state index contributed by atoms with van der Waals surface area (Å²) in [5.41, 5.74) is 6.28. The van der Waals surface area contributed by atoms with Gasteiger partial charge in [0.1, 0.15) is 11.5 Å². The van der Waals surface area contributed by atoms with Crippen molar-refractivity contribution in [3.05, 3.63) is 23.9 Å². The highest BCUT2D eigenvalue weighted by molar-refractivity contribution is 5.36. The second-order valence-corrected chi connectivity index (χ2v) is 2.99. The van der Waals surface area contributed by atoms with Crippen LogP contribution in [0.3, 0.4) is 0 Å². The second kappa shape index (κ2) is 2.86. The fourth-order valence-corrected chi connectivity index (χ4v) is 0.925. The fraction of sp³-hybridized carbons (Fsp3) is 0.300. The summed E-state index contributed by atoms with van der Waals surface area (Å²) in [5.74, 6) is 7.30. The average molecular weight is 158 g/mol. The lowest BCUT2D eigenvalue weighted by molar-refractivity contribution is 1.18. The van der Waals surface area contributed by atoms with Gasteiger partial charge in [0.25, 0.3) is 0 Å². The van der Waals surface area contributed by atoms with Crippen LogP contribution in [0.25, 0.3) is 0 Å². The van der Waals surface area contributed by atoms with Crippen molar-refractivity contribution in [3.8, 4) is 11.8 Å². The van der Waals surface area contributed by atoms with Crippen molar-refractivity contribution >= 4 is 5.82 Å². The Bertz CT molecular complexity index is 342. The van der Waals surface area contributed by atoms with Crippen molar-refractivity contribution in [1.29, 1.82) is 0 Å². The Morgan fingerprint density at radius 2 is 2.25 bits per heavy atom. The molecule has 0 radical (unpaired) electrons. The van der Waals surface area contributed by atoms with Gasteiger partial charge in [-0.1, -0.05) is 12.0 Å². The van der Waals surface area contributed by atoms with E-state index in [9.17, 15) is 0 Å². The quantitative estimate of drug-likeness (QED) is 0.580. The summed E-state index contributed by atoms with van der Waals surface area (Å²) in [4.78, 5) is 4.08. The molecule has 0 spiro atoms. The van der Waals surface area contributed by atoms with Gasteiger partial charge in [0.05, 0.1) is 0 Å². The summed E-state index contributed by atoms with van der Waals surface area (Å²) < 4.78 is 0. The van der Waals surface area contributed by atoms with Gasteiger partial charge in [-0.2, -0.15) is 0 Å². The molecule has 2 rings (SSSR count). The van der Waals surface area contributed by atoms with Crippen molar-refractivity contribution < 1.29 is 0 Å². The zero-order valence-corrected chi connectivity index (χ0v) is 6.75. The van der Waals surface area contributed by atoms with Crippen molar-refractivity contribution in [2.24, 2.45) is 5.92 Å². The zero-order valence-electron chi connectivity index (χ0n) is 6.75. The fourth-order valence-electron chi connectivity index (χ4n) is 0.925. The van der Waals surface area contributed by atoms with Gasteiger partial charge in [-0.15, -0.1) is 0 Å². The summed E-state index contributed by atoms with van der Waals surface area (Å²) >= 11 is 0. The Morgan fingerprint density at radius 3 is 2.92 bits per heavy atom. The van der Waals surface area contributed by atoms with Gasteiger partial charge < -0.3 is 5.73 Å². The molecule has 1 saturated carbocycles. The van der Waals surface area contributed by atoms with Crippen LogP contribution in [0.2, 0.25) is 0 Å². The number of nitrogen functional groups attached to an aromatic ring is 1. The molecule has 1 aromatic rings. The van der Waals surface area contributed by atoms with E-state index >= 15 is 0 Å².